The van der Waals surface area contributed by atoms with E-state index in [2.05, 4.69) is 26.7 Å². The van der Waals surface area contributed by atoms with Gasteiger partial charge in [-0.2, -0.15) is 0 Å². The summed E-state index contributed by atoms with van der Waals surface area (Å²) in [7, 11) is 0. The van der Waals surface area contributed by atoms with E-state index in [-0.39, 0.29) is 0 Å². The maximum atomic E-state index is 4.50. The topological polar surface area (TPSA) is 35.2 Å². The van der Waals surface area contributed by atoms with Gasteiger partial charge in [0.2, 0.25) is 0 Å². The van der Waals surface area contributed by atoms with Crippen LogP contribution in [0.2, 0.25) is 0 Å². The third kappa shape index (κ3) is 3.85. The summed E-state index contributed by atoms with van der Waals surface area (Å²) in [5, 5.41) is 0. The molecule has 1 atom stereocenters. The molecule has 3 fully saturated rings. The summed E-state index contributed by atoms with van der Waals surface area (Å²) in [6.07, 6.45) is 13.5. The lowest BCUT2D eigenvalue weighted by Gasteiger charge is -2.42. The number of nitrogens with zero attached hydrogens (tertiary/aromatic N) is 3. The molecule has 0 amide bonds. The molecule has 4 rings (SSSR count). The molecule has 1 aliphatic carbocycles. The number of imidazole rings is 1. The Hall–Kier alpha value is -0.870. The van der Waals surface area contributed by atoms with Crippen LogP contribution >= 0.6 is 0 Å². The Morgan fingerprint density at radius 1 is 1.08 bits per heavy atom. The molecule has 24 heavy (non-hydrogen) atoms. The summed E-state index contributed by atoms with van der Waals surface area (Å²) in [5.74, 6) is 2.12. The van der Waals surface area contributed by atoms with Crippen LogP contribution in [0.1, 0.15) is 62.9 Å². The van der Waals surface area contributed by atoms with Gasteiger partial charge in [0.1, 0.15) is 5.82 Å². The van der Waals surface area contributed by atoms with E-state index in [1.807, 2.05) is 6.20 Å². The van der Waals surface area contributed by atoms with E-state index in [1.54, 1.807) is 0 Å². The standard InChI is InChI=1S/C20H34N4/c1-17-12-21-19(22-17)14-24-11-9-20(16-24)8-5-10-23(15-20)13-18-6-3-2-4-7-18/h12,18H,2-11,13-16H2,1H3,(H,21,22). The van der Waals surface area contributed by atoms with Crippen LogP contribution in [-0.2, 0) is 6.54 Å². The molecule has 0 bridgehead atoms. The number of aromatic amines is 1. The van der Waals surface area contributed by atoms with Crippen LogP contribution in [0.3, 0.4) is 0 Å². The minimum absolute atomic E-state index is 0.564. The van der Waals surface area contributed by atoms with Crippen LogP contribution in [-0.4, -0.2) is 52.5 Å². The average molecular weight is 331 g/mol. The summed E-state index contributed by atoms with van der Waals surface area (Å²) in [6.45, 7) is 9.67. The third-order valence-corrected chi connectivity index (χ3v) is 6.63. The van der Waals surface area contributed by atoms with E-state index in [1.165, 1.54) is 89.8 Å². The van der Waals surface area contributed by atoms with E-state index in [9.17, 15) is 0 Å². The summed E-state index contributed by atoms with van der Waals surface area (Å²) in [5.41, 5.74) is 1.74. The molecule has 2 saturated heterocycles. The first-order valence-corrected chi connectivity index (χ1v) is 10.2. The molecule has 0 radical (unpaired) electrons. The fourth-order valence-corrected chi connectivity index (χ4v) is 5.46. The lowest BCUT2D eigenvalue weighted by atomic mass is 9.78. The highest BCUT2D eigenvalue weighted by Crippen LogP contribution is 2.40. The van der Waals surface area contributed by atoms with Crippen molar-refractivity contribution in [3.8, 4) is 0 Å². The van der Waals surface area contributed by atoms with Gasteiger partial charge in [0.15, 0.2) is 0 Å². The molecule has 0 aromatic carbocycles. The number of nitrogens with one attached hydrogen (secondary N) is 1. The number of rotatable bonds is 4. The second-order valence-electron chi connectivity index (χ2n) is 8.82. The highest BCUT2D eigenvalue weighted by Gasteiger charge is 2.41. The van der Waals surface area contributed by atoms with Crippen molar-refractivity contribution in [3.63, 3.8) is 0 Å². The molecule has 1 saturated carbocycles. The van der Waals surface area contributed by atoms with E-state index in [0.717, 1.165) is 18.3 Å². The van der Waals surface area contributed by atoms with Crippen molar-refractivity contribution in [2.45, 2.75) is 64.8 Å². The first kappa shape index (κ1) is 16.6. The lowest BCUT2D eigenvalue weighted by Crippen LogP contribution is -2.46. The Kier molecular flexibility index (Phi) is 4.95. The Labute approximate surface area is 147 Å². The van der Waals surface area contributed by atoms with Crippen molar-refractivity contribution in [1.82, 2.24) is 19.8 Å². The molecule has 4 nitrogen and oxygen atoms in total. The molecule has 1 unspecified atom stereocenters. The molecule has 2 aliphatic heterocycles. The Morgan fingerprint density at radius 2 is 1.92 bits per heavy atom. The number of piperidine rings is 1. The van der Waals surface area contributed by atoms with Crippen molar-refractivity contribution in [2.75, 3.05) is 32.7 Å². The fourth-order valence-electron chi connectivity index (χ4n) is 5.46. The van der Waals surface area contributed by atoms with Gasteiger partial charge in [0.05, 0.1) is 6.54 Å². The zero-order valence-electron chi connectivity index (χ0n) is 15.4. The van der Waals surface area contributed by atoms with Crippen LogP contribution < -0.4 is 0 Å². The van der Waals surface area contributed by atoms with Crippen LogP contribution in [0.5, 0.6) is 0 Å². The normalized spacial score (nSPS) is 30.4. The van der Waals surface area contributed by atoms with Crippen molar-refractivity contribution in [1.29, 1.82) is 0 Å². The van der Waals surface area contributed by atoms with Crippen molar-refractivity contribution >= 4 is 0 Å². The molecule has 4 heteroatoms. The van der Waals surface area contributed by atoms with E-state index < -0.39 is 0 Å². The number of hydrogen-bond acceptors (Lipinski definition) is 3. The van der Waals surface area contributed by atoms with E-state index >= 15 is 0 Å². The van der Waals surface area contributed by atoms with Crippen molar-refractivity contribution in [2.24, 2.45) is 11.3 Å². The molecule has 1 aromatic rings. The molecule has 3 heterocycles. The molecule has 1 spiro atoms. The third-order valence-electron chi connectivity index (χ3n) is 6.63. The van der Waals surface area contributed by atoms with Crippen LogP contribution in [0.4, 0.5) is 0 Å². The highest BCUT2D eigenvalue weighted by molar-refractivity contribution is 5.01. The molecule has 134 valence electrons. The van der Waals surface area contributed by atoms with Gasteiger partial charge < -0.3 is 9.88 Å². The quantitative estimate of drug-likeness (QED) is 0.916. The molecular weight excluding hydrogens is 296 g/mol. The number of likely N-dealkylation sites (tertiary alicyclic amines) is 2. The van der Waals surface area contributed by atoms with E-state index in [4.69, 9.17) is 0 Å². The van der Waals surface area contributed by atoms with Gasteiger partial charge in [0.25, 0.3) is 0 Å². The summed E-state index contributed by atoms with van der Waals surface area (Å²) >= 11 is 0. The van der Waals surface area contributed by atoms with Gasteiger partial charge in [-0.1, -0.05) is 19.3 Å². The SMILES string of the molecule is Cc1cnc(CN2CCC3(CCCN(CC4CCCCC4)C3)C2)[nH]1. The summed E-state index contributed by atoms with van der Waals surface area (Å²) in [4.78, 5) is 13.3. The van der Waals surface area contributed by atoms with Gasteiger partial charge in [-0.25, -0.2) is 4.98 Å². The average Bonchev–Trinajstić information content (AvgIpc) is 3.15. The molecule has 1 N–H and O–H groups in total. The molecular formula is C20H34N4. The summed E-state index contributed by atoms with van der Waals surface area (Å²) < 4.78 is 0. The maximum Gasteiger partial charge on any atom is 0.120 e. The largest absolute Gasteiger partial charge is 0.345 e. The second-order valence-corrected chi connectivity index (χ2v) is 8.82. The Balaban J connectivity index is 1.31. The number of hydrogen-bond donors (Lipinski definition) is 1. The smallest absolute Gasteiger partial charge is 0.120 e. The number of aromatic nitrogens is 2. The van der Waals surface area contributed by atoms with Gasteiger partial charge in [-0.05, 0) is 63.5 Å². The molecule has 3 aliphatic rings. The van der Waals surface area contributed by atoms with Crippen LogP contribution in [0.15, 0.2) is 6.20 Å². The predicted octanol–water partition coefficient (Wildman–Crippen LogP) is 3.59. The zero-order chi connectivity index (χ0) is 16.4. The predicted molar refractivity (Wildman–Crippen MR) is 97.9 cm³/mol. The van der Waals surface area contributed by atoms with Crippen LogP contribution in [0, 0.1) is 18.3 Å². The van der Waals surface area contributed by atoms with Gasteiger partial charge >= 0.3 is 0 Å². The Morgan fingerprint density at radius 3 is 2.71 bits per heavy atom. The summed E-state index contributed by atoms with van der Waals surface area (Å²) in [6, 6.07) is 0. The fraction of sp³-hybridized carbons (Fsp3) is 0.850. The van der Waals surface area contributed by atoms with Crippen molar-refractivity contribution < 1.29 is 0 Å². The number of aryl methyl sites for hydroxylation is 1. The lowest BCUT2D eigenvalue weighted by molar-refractivity contribution is 0.0735. The first-order valence-electron chi connectivity index (χ1n) is 10.2. The zero-order valence-corrected chi connectivity index (χ0v) is 15.4. The van der Waals surface area contributed by atoms with Gasteiger partial charge in [-0.3, -0.25) is 4.90 Å². The first-order chi connectivity index (χ1) is 11.7. The van der Waals surface area contributed by atoms with E-state index in [0.29, 0.717) is 5.41 Å². The van der Waals surface area contributed by atoms with Crippen molar-refractivity contribution in [3.05, 3.63) is 17.7 Å². The van der Waals surface area contributed by atoms with Gasteiger partial charge in [0, 0.05) is 31.5 Å². The molecule has 1 aromatic heterocycles. The second kappa shape index (κ2) is 7.17. The minimum atomic E-state index is 0.564. The monoisotopic (exact) mass is 330 g/mol. The van der Waals surface area contributed by atoms with Crippen LogP contribution in [0.25, 0.3) is 0 Å². The maximum absolute atomic E-state index is 4.50. The minimum Gasteiger partial charge on any atom is -0.345 e. The van der Waals surface area contributed by atoms with Gasteiger partial charge in [-0.15, -0.1) is 0 Å². The highest BCUT2D eigenvalue weighted by atomic mass is 15.2. The number of H-pyrrole nitrogens is 1. The Bertz CT molecular complexity index is 533.